The summed E-state index contributed by atoms with van der Waals surface area (Å²) < 4.78 is 7.62. The Hall–Kier alpha value is -2.30. The predicted molar refractivity (Wildman–Crippen MR) is 89.0 cm³/mol. The number of aryl methyl sites for hydroxylation is 2. The van der Waals surface area contributed by atoms with Gasteiger partial charge in [-0.1, -0.05) is 0 Å². The number of Topliss-reactive ketones (excluding diaryl/α,β-unsaturated/α-hetero) is 1. The zero-order chi connectivity index (χ0) is 16.7. The number of aromatic nitrogens is 1. The highest BCUT2D eigenvalue weighted by Gasteiger charge is 2.34. The Morgan fingerprint density at radius 2 is 2.12 bits per heavy atom. The van der Waals surface area contributed by atoms with Crippen molar-refractivity contribution < 1.29 is 14.0 Å². The number of hydrogen-bond donors (Lipinski definition) is 0. The smallest absolute Gasteiger partial charge is 0.258 e. The SMILES string of the molecule is Cn1cccc1C1CCCCN1C(=O)c1coc2c1C(=O)CCC2. The van der Waals surface area contributed by atoms with Gasteiger partial charge in [0, 0.05) is 38.3 Å². The highest BCUT2D eigenvalue weighted by molar-refractivity contribution is 6.09. The van der Waals surface area contributed by atoms with Crippen LogP contribution in [0.25, 0.3) is 0 Å². The molecule has 0 radical (unpaired) electrons. The molecule has 1 aliphatic carbocycles. The van der Waals surface area contributed by atoms with Crippen molar-refractivity contribution >= 4 is 11.7 Å². The van der Waals surface area contributed by atoms with Gasteiger partial charge in [-0.2, -0.15) is 0 Å². The van der Waals surface area contributed by atoms with E-state index in [2.05, 4.69) is 10.6 Å². The number of ketones is 1. The van der Waals surface area contributed by atoms with Crippen LogP contribution in [0.3, 0.4) is 0 Å². The van der Waals surface area contributed by atoms with Crippen molar-refractivity contribution in [3.63, 3.8) is 0 Å². The normalized spacial score (nSPS) is 21.0. The second-order valence-electron chi connectivity index (χ2n) is 6.78. The number of piperidine rings is 1. The van der Waals surface area contributed by atoms with Crippen LogP contribution in [0.4, 0.5) is 0 Å². The average Bonchev–Trinajstić information content (AvgIpc) is 3.21. The lowest BCUT2D eigenvalue weighted by Crippen LogP contribution is -2.39. The summed E-state index contributed by atoms with van der Waals surface area (Å²) in [6.07, 6.45) is 8.63. The zero-order valence-electron chi connectivity index (χ0n) is 14.0. The molecule has 126 valence electrons. The summed E-state index contributed by atoms with van der Waals surface area (Å²) in [5.41, 5.74) is 2.13. The van der Waals surface area contributed by atoms with Crippen molar-refractivity contribution in [3.05, 3.63) is 47.2 Å². The molecule has 1 fully saturated rings. The molecule has 24 heavy (non-hydrogen) atoms. The minimum absolute atomic E-state index is 0.0424. The number of furan rings is 1. The van der Waals surface area contributed by atoms with Crippen molar-refractivity contribution in [2.24, 2.45) is 7.05 Å². The highest BCUT2D eigenvalue weighted by atomic mass is 16.3. The molecule has 1 unspecified atom stereocenters. The van der Waals surface area contributed by atoms with Crippen LogP contribution < -0.4 is 0 Å². The van der Waals surface area contributed by atoms with Gasteiger partial charge in [0.15, 0.2) is 5.78 Å². The monoisotopic (exact) mass is 326 g/mol. The van der Waals surface area contributed by atoms with Crippen LogP contribution in [0.5, 0.6) is 0 Å². The van der Waals surface area contributed by atoms with Gasteiger partial charge < -0.3 is 13.9 Å². The maximum atomic E-state index is 13.2. The topological polar surface area (TPSA) is 55.5 Å². The molecule has 0 N–H and O–H groups in total. The molecule has 4 rings (SSSR count). The van der Waals surface area contributed by atoms with Crippen LogP contribution in [-0.2, 0) is 13.5 Å². The van der Waals surface area contributed by atoms with Gasteiger partial charge in [0.1, 0.15) is 12.0 Å². The lowest BCUT2D eigenvalue weighted by atomic mass is 9.92. The van der Waals surface area contributed by atoms with E-state index in [0.717, 1.165) is 44.3 Å². The molecule has 1 saturated heterocycles. The highest BCUT2D eigenvalue weighted by Crippen LogP contribution is 2.34. The largest absolute Gasteiger partial charge is 0.468 e. The van der Waals surface area contributed by atoms with E-state index >= 15 is 0 Å². The van der Waals surface area contributed by atoms with Crippen molar-refractivity contribution in [1.29, 1.82) is 0 Å². The Morgan fingerprint density at radius 1 is 1.25 bits per heavy atom. The molecule has 1 amide bonds. The molecule has 2 aromatic rings. The summed E-state index contributed by atoms with van der Waals surface area (Å²) in [6, 6.07) is 4.15. The maximum Gasteiger partial charge on any atom is 0.258 e. The third-order valence-corrected chi connectivity index (χ3v) is 5.27. The Morgan fingerprint density at radius 3 is 2.92 bits per heavy atom. The number of fused-ring (bicyclic) bond motifs is 1. The number of carbonyl (C=O) groups is 2. The number of hydrogen-bond acceptors (Lipinski definition) is 3. The lowest BCUT2D eigenvalue weighted by Gasteiger charge is -2.36. The fourth-order valence-electron chi connectivity index (χ4n) is 4.04. The lowest BCUT2D eigenvalue weighted by molar-refractivity contribution is 0.0598. The Balaban J connectivity index is 1.69. The molecule has 2 aliphatic rings. The van der Waals surface area contributed by atoms with Gasteiger partial charge in [0.05, 0.1) is 17.2 Å². The van der Waals surface area contributed by atoms with E-state index in [-0.39, 0.29) is 17.7 Å². The second kappa shape index (κ2) is 5.96. The third-order valence-electron chi connectivity index (χ3n) is 5.27. The molecular weight excluding hydrogens is 304 g/mol. The van der Waals surface area contributed by atoms with Crippen LogP contribution in [0.2, 0.25) is 0 Å². The van der Waals surface area contributed by atoms with E-state index in [9.17, 15) is 9.59 Å². The van der Waals surface area contributed by atoms with Gasteiger partial charge in [-0.15, -0.1) is 0 Å². The van der Waals surface area contributed by atoms with Crippen molar-refractivity contribution in [2.45, 2.75) is 44.6 Å². The van der Waals surface area contributed by atoms with Crippen LogP contribution in [0.15, 0.2) is 29.0 Å². The molecule has 5 heteroatoms. The van der Waals surface area contributed by atoms with Crippen molar-refractivity contribution in [3.8, 4) is 0 Å². The van der Waals surface area contributed by atoms with E-state index in [4.69, 9.17) is 4.42 Å². The Labute approximate surface area is 141 Å². The van der Waals surface area contributed by atoms with Gasteiger partial charge in [-0.05, 0) is 37.8 Å². The minimum atomic E-state index is -0.0684. The molecule has 2 aromatic heterocycles. The number of amides is 1. The number of nitrogens with zero attached hydrogens (tertiary/aromatic N) is 2. The summed E-state index contributed by atoms with van der Waals surface area (Å²) in [4.78, 5) is 27.4. The fraction of sp³-hybridized carbons (Fsp3) is 0.474. The van der Waals surface area contributed by atoms with E-state index in [1.807, 2.05) is 24.2 Å². The van der Waals surface area contributed by atoms with E-state index in [1.54, 1.807) is 0 Å². The second-order valence-corrected chi connectivity index (χ2v) is 6.78. The molecule has 3 heterocycles. The standard InChI is InChI=1S/C19H22N2O3/c1-20-10-5-7-14(20)15-6-2-3-11-21(15)19(23)13-12-24-17-9-4-8-16(22)18(13)17/h5,7,10,12,15H,2-4,6,8-9,11H2,1H3. The van der Waals surface area contributed by atoms with Crippen LogP contribution in [-0.4, -0.2) is 27.7 Å². The molecule has 0 aromatic carbocycles. The fourth-order valence-corrected chi connectivity index (χ4v) is 4.04. The summed E-state index contributed by atoms with van der Waals surface area (Å²) in [5.74, 6) is 0.656. The molecule has 0 bridgehead atoms. The average molecular weight is 326 g/mol. The van der Waals surface area contributed by atoms with Crippen molar-refractivity contribution in [1.82, 2.24) is 9.47 Å². The number of rotatable bonds is 2. The van der Waals surface area contributed by atoms with Gasteiger partial charge in [-0.3, -0.25) is 9.59 Å². The quantitative estimate of drug-likeness (QED) is 0.848. The number of likely N-dealkylation sites (tertiary alicyclic amines) is 1. The summed E-state index contributed by atoms with van der Waals surface area (Å²) in [5, 5.41) is 0. The van der Waals surface area contributed by atoms with Crippen molar-refractivity contribution in [2.75, 3.05) is 6.54 Å². The Kier molecular flexibility index (Phi) is 3.79. The van der Waals surface area contributed by atoms with Crippen LogP contribution in [0.1, 0.15) is 70.3 Å². The molecule has 0 spiro atoms. The van der Waals surface area contributed by atoms with E-state index in [0.29, 0.717) is 23.3 Å². The van der Waals surface area contributed by atoms with Gasteiger partial charge >= 0.3 is 0 Å². The number of carbonyl (C=O) groups excluding carboxylic acids is 2. The van der Waals surface area contributed by atoms with Gasteiger partial charge in [0.2, 0.25) is 0 Å². The van der Waals surface area contributed by atoms with Crippen LogP contribution >= 0.6 is 0 Å². The van der Waals surface area contributed by atoms with Crippen LogP contribution in [0, 0.1) is 0 Å². The first kappa shape index (κ1) is 15.2. The molecule has 0 saturated carbocycles. The summed E-state index contributed by atoms with van der Waals surface area (Å²) >= 11 is 0. The predicted octanol–water partition coefficient (Wildman–Crippen LogP) is 3.50. The molecular formula is C19H22N2O3. The van der Waals surface area contributed by atoms with Gasteiger partial charge in [0.25, 0.3) is 5.91 Å². The first-order valence-corrected chi connectivity index (χ1v) is 8.72. The minimum Gasteiger partial charge on any atom is -0.468 e. The first-order valence-electron chi connectivity index (χ1n) is 8.72. The van der Waals surface area contributed by atoms with E-state index in [1.165, 1.54) is 6.26 Å². The maximum absolute atomic E-state index is 13.2. The zero-order valence-corrected chi connectivity index (χ0v) is 14.0. The molecule has 1 atom stereocenters. The summed E-state index contributed by atoms with van der Waals surface area (Å²) in [7, 11) is 2.01. The molecule has 1 aliphatic heterocycles. The third kappa shape index (κ3) is 2.39. The molecule has 5 nitrogen and oxygen atoms in total. The first-order chi connectivity index (χ1) is 11.7. The Bertz CT molecular complexity index is 786. The summed E-state index contributed by atoms with van der Waals surface area (Å²) in [6.45, 7) is 0.725. The van der Waals surface area contributed by atoms with Gasteiger partial charge in [-0.25, -0.2) is 0 Å². The van der Waals surface area contributed by atoms with E-state index < -0.39 is 0 Å².